The van der Waals surface area contributed by atoms with Crippen molar-refractivity contribution in [2.24, 2.45) is 0 Å². The van der Waals surface area contributed by atoms with Gasteiger partial charge in [-0.15, -0.1) is 0 Å². The number of fused-ring (bicyclic) bond motifs is 1. The summed E-state index contributed by atoms with van der Waals surface area (Å²) in [4.78, 5) is 22.5. The summed E-state index contributed by atoms with van der Waals surface area (Å²) in [5, 5.41) is 5.06. The molecular formula is C23H28FN5O. The average Bonchev–Trinajstić information content (AvgIpc) is 3.13. The van der Waals surface area contributed by atoms with Crippen LogP contribution in [0.4, 0.5) is 4.39 Å². The molecule has 1 fully saturated rings. The fraction of sp³-hybridized carbons (Fsp3) is 0.435. The second-order valence-electron chi connectivity index (χ2n) is 8.48. The van der Waals surface area contributed by atoms with Crippen LogP contribution in [0.2, 0.25) is 0 Å². The maximum absolute atomic E-state index is 14.0. The molecule has 4 rings (SSSR count). The molecule has 3 heterocycles. The molecule has 1 saturated heterocycles. The topological polar surface area (TPSA) is 54.3 Å². The number of carbonyl (C=O) groups excluding carboxylic acids is 1. The average molecular weight is 410 g/mol. The lowest BCUT2D eigenvalue weighted by Crippen LogP contribution is -2.42. The van der Waals surface area contributed by atoms with Crippen LogP contribution in [-0.4, -0.2) is 63.2 Å². The zero-order valence-electron chi connectivity index (χ0n) is 18.0. The Labute approximate surface area is 176 Å². The van der Waals surface area contributed by atoms with Crippen LogP contribution >= 0.6 is 0 Å². The number of pyridine rings is 1. The van der Waals surface area contributed by atoms with Crippen LogP contribution in [0.15, 0.2) is 36.7 Å². The van der Waals surface area contributed by atoms with Crippen LogP contribution in [0.3, 0.4) is 0 Å². The number of amides is 1. The Bertz CT molecular complexity index is 1080. The Balaban J connectivity index is 1.82. The van der Waals surface area contributed by atoms with E-state index in [1.807, 2.05) is 35.7 Å². The Morgan fingerprint density at radius 2 is 2.03 bits per heavy atom. The molecule has 0 spiro atoms. The van der Waals surface area contributed by atoms with Gasteiger partial charge in [-0.3, -0.25) is 9.48 Å². The molecule has 6 nitrogen and oxygen atoms in total. The van der Waals surface area contributed by atoms with E-state index in [0.717, 1.165) is 25.1 Å². The summed E-state index contributed by atoms with van der Waals surface area (Å²) in [7, 11) is 2.08. The number of rotatable bonds is 3. The number of halogens is 1. The minimum Gasteiger partial charge on any atom is -0.335 e. The molecule has 0 unspecified atom stereocenters. The molecule has 0 saturated carbocycles. The van der Waals surface area contributed by atoms with Crippen molar-refractivity contribution in [2.45, 2.75) is 39.3 Å². The highest BCUT2D eigenvalue weighted by Gasteiger charge is 2.27. The molecular weight excluding hydrogens is 381 g/mol. The van der Waals surface area contributed by atoms with E-state index < -0.39 is 0 Å². The normalized spacial score (nSPS) is 18.2. The van der Waals surface area contributed by atoms with Crippen molar-refractivity contribution in [3.8, 4) is 11.3 Å². The molecule has 0 bridgehead atoms. The minimum absolute atomic E-state index is 0.0330. The zero-order chi connectivity index (χ0) is 21.4. The van der Waals surface area contributed by atoms with E-state index in [1.54, 1.807) is 12.3 Å². The van der Waals surface area contributed by atoms with E-state index in [0.29, 0.717) is 28.7 Å². The monoisotopic (exact) mass is 409 g/mol. The number of carbonyl (C=O) groups is 1. The van der Waals surface area contributed by atoms with Crippen molar-refractivity contribution in [3.05, 3.63) is 48.0 Å². The van der Waals surface area contributed by atoms with Gasteiger partial charge in [-0.2, -0.15) is 5.10 Å². The molecule has 0 radical (unpaired) electrons. The van der Waals surface area contributed by atoms with Gasteiger partial charge < -0.3 is 9.80 Å². The van der Waals surface area contributed by atoms with Gasteiger partial charge >= 0.3 is 0 Å². The van der Waals surface area contributed by atoms with Crippen molar-refractivity contribution in [3.63, 3.8) is 0 Å². The molecule has 7 heteroatoms. The van der Waals surface area contributed by atoms with Gasteiger partial charge in [0.1, 0.15) is 5.82 Å². The molecule has 30 heavy (non-hydrogen) atoms. The number of nitrogens with zero attached hydrogens (tertiary/aromatic N) is 5. The molecule has 1 aliphatic rings. The molecule has 3 aromatic rings. The number of hydrogen-bond acceptors (Lipinski definition) is 4. The van der Waals surface area contributed by atoms with Gasteiger partial charge in [0.05, 0.1) is 23.0 Å². The first-order valence-electron chi connectivity index (χ1n) is 10.5. The fourth-order valence-corrected chi connectivity index (χ4v) is 4.11. The van der Waals surface area contributed by atoms with Gasteiger partial charge in [0.25, 0.3) is 5.91 Å². The maximum atomic E-state index is 14.0. The first-order chi connectivity index (χ1) is 14.3. The molecule has 1 aromatic carbocycles. The van der Waals surface area contributed by atoms with E-state index in [1.165, 1.54) is 12.1 Å². The Morgan fingerprint density at radius 3 is 2.77 bits per heavy atom. The summed E-state index contributed by atoms with van der Waals surface area (Å²) in [5.74, 6) is -0.400. The fourth-order valence-electron chi connectivity index (χ4n) is 4.11. The molecule has 0 aliphatic carbocycles. The minimum atomic E-state index is -0.367. The highest BCUT2D eigenvalue weighted by molar-refractivity contribution is 6.07. The van der Waals surface area contributed by atoms with Crippen LogP contribution in [0.1, 0.15) is 43.6 Å². The van der Waals surface area contributed by atoms with E-state index in [2.05, 4.69) is 29.0 Å². The van der Waals surface area contributed by atoms with Gasteiger partial charge in [0, 0.05) is 48.4 Å². The Hall–Kier alpha value is -2.80. The summed E-state index contributed by atoms with van der Waals surface area (Å²) in [5.41, 5.74) is 2.48. The van der Waals surface area contributed by atoms with Crippen molar-refractivity contribution < 1.29 is 9.18 Å². The second kappa shape index (κ2) is 8.14. The molecule has 1 atom stereocenters. The summed E-state index contributed by atoms with van der Waals surface area (Å²) < 4.78 is 15.8. The first-order valence-corrected chi connectivity index (χ1v) is 10.5. The third-order valence-electron chi connectivity index (χ3n) is 5.74. The van der Waals surface area contributed by atoms with Crippen molar-refractivity contribution in [1.29, 1.82) is 0 Å². The van der Waals surface area contributed by atoms with Gasteiger partial charge in [-0.05, 0) is 59.0 Å². The molecule has 158 valence electrons. The maximum Gasteiger partial charge on any atom is 0.254 e. The van der Waals surface area contributed by atoms with Gasteiger partial charge in [-0.25, -0.2) is 9.37 Å². The lowest BCUT2D eigenvalue weighted by atomic mass is 10.0. The third-order valence-corrected chi connectivity index (χ3v) is 5.74. The largest absolute Gasteiger partial charge is 0.335 e. The lowest BCUT2D eigenvalue weighted by Gasteiger charge is -2.28. The van der Waals surface area contributed by atoms with Crippen LogP contribution < -0.4 is 0 Å². The van der Waals surface area contributed by atoms with E-state index in [-0.39, 0.29) is 23.8 Å². The summed E-state index contributed by atoms with van der Waals surface area (Å²) in [6.45, 7) is 8.68. The van der Waals surface area contributed by atoms with Crippen molar-refractivity contribution >= 4 is 16.8 Å². The van der Waals surface area contributed by atoms with Gasteiger partial charge in [0.2, 0.25) is 0 Å². The lowest BCUT2D eigenvalue weighted by molar-refractivity contribution is 0.0698. The number of aromatic nitrogens is 3. The van der Waals surface area contributed by atoms with Crippen molar-refractivity contribution in [1.82, 2.24) is 24.6 Å². The molecule has 1 aliphatic heterocycles. The zero-order valence-corrected chi connectivity index (χ0v) is 18.0. The SMILES string of the molecule is CC(C)n1cc(-c2cc(C(=O)N3CCCN(C)C[C@H]3C)c3ccc(F)cc3n2)cn1. The molecule has 0 N–H and O–H groups in total. The summed E-state index contributed by atoms with van der Waals surface area (Å²) in [6, 6.07) is 6.57. The quantitative estimate of drug-likeness (QED) is 0.657. The van der Waals surface area contributed by atoms with Crippen LogP contribution in [-0.2, 0) is 0 Å². The number of hydrogen-bond donors (Lipinski definition) is 0. The van der Waals surface area contributed by atoms with Crippen LogP contribution in [0, 0.1) is 5.82 Å². The Kier molecular flexibility index (Phi) is 5.56. The molecule has 2 aromatic heterocycles. The standard InChI is InChI=1S/C23H28FN5O/c1-15(2)29-14-17(12-25-29)21-11-20(19-7-6-18(24)10-22(19)26-21)23(30)28-9-5-8-27(4)13-16(28)3/h6-7,10-12,14-16H,5,8-9,13H2,1-4H3/t16-/m1/s1. The predicted molar refractivity (Wildman–Crippen MR) is 116 cm³/mol. The smallest absolute Gasteiger partial charge is 0.254 e. The molecule has 1 amide bonds. The summed E-state index contributed by atoms with van der Waals surface area (Å²) >= 11 is 0. The van der Waals surface area contributed by atoms with Gasteiger partial charge in [0.15, 0.2) is 0 Å². The highest BCUT2D eigenvalue weighted by atomic mass is 19.1. The van der Waals surface area contributed by atoms with E-state index in [9.17, 15) is 9.18 Å². The predicted octanol–water partition coefficient (Wildman–Crippen LogP) is 3.98. The first kappa shape index (κ1) is 20.5. The van der Waals surface area contributed by atoms with Crippen molar-refractivity contribution in [2.75, 3.05) is 26.7 Å². The highest BCUT2D eigenvalue weighted by Crippen LogP contribution is 2.28. The second-order valence-corrected chi connectivity index (χ2v) is 8.48. The van der Waals surface area contributed by atoms with E-state index in [4.69, 9.17) is 0 Å². The number of benzene rings is 1. The Morgan fingerprint density at radius 1 is 1.23 bits per heavy atom. The van der Waals surface area contributed by atoms with Gasteiger partial charge in [-0.1, -0.05) is 0 Å². The number of likely N-dealkylation sites (N-methyl/N-ethyl adjacent to an activating group) is 1. The van der Waals surface area contributed by atoms with Crippen LogP contribution in [0.25, 0.3) is 22.2 Å². The third kappa shape index (κ3) is 3.94. The van der Waals surface area contributed by atoms with E-state index >= 15 is 0 Å². The van der Waals surface area contributed by atoms with Crippen LogP contribution in [0.5, 0.6) is 0 Å². The summed E-state index contributed by atoms with van der Waals surface area (Å²) in [6.07, 6.45) is 4.58.